The average Bonchev–Trinajstić information content (AvgIpc) is 2.81. The second-order valence-electron chi connectivity index (χ2n) is 7.06. The fourth-order valence-corrected chi connectivity index (χ4v) is 3.07. The third-order valence-electron chi connectivity index (χ3n) is 4.55. The Balaban J connectivity index is 2.02. The highest BCUT2D eigenvalue weighted by Gasteiger charge is 2.31. The Kier molecular flexibility index (Phi) is 7.82. The van der Waals surface area contributed by atoms with Gasteiger partial charge in [-0.2, -0.15) is 0 Å². The van der Waals surface area contributed by atoms with Crippen molar-refractivity contribution >= 4 is 17.5 Å². The normalized spacial score (nSPS) is 10.9. The quantitative estimate of drug-likeness (QED) is 0.440. The van der Waals surface area contributed by atoms with E-state index in [1.54, 1.807) is 13.8 Å². The number of alkyl halides is 3. The highest BCUT2D eigenvalue weighted by Crippen LogP contribution is 2.39. The third kappa shape index (κ3) is 6.31. The summed E-state index contributed by atoms with van der Waals surface area (Å²) in [6.45, 7) is 3.52. The molecule has 190 valence electrons. The van der Waals surface area contributed by atoms with E-state index in [-0.39, 0.29) is 46.5 Å². The molecule has 0 unspecified atom stereocenters. The maximum absolute atomic E-state index is 13.3. The van der Waals surface area contributed by atoms with Gasteiger partial charge in [-0.25, -0.2) is 0 Å². The van der Waals surface area contributed by atoms with Crippen molar-refractivity contribution in [3.63, 3.8) is 0 Å². The summed E-state index contributed by atoms with van der Waals surface area (Å²) in [6, 6.07) is 5.93. The summed E-state index contributed by atoms with van der Waals surface area (Å²) >= 11 is 0. The van der Waals surface area contributed by atoms with Crippen LogP contribution in [0.4, 0.5) is 18.9 Å². The van der Waals surface area contributed by atoms with Gasteiger partial charge in [0.2, 0.25) is 0 Å². The first-order chi connectivity index (χ1) is 17.0. The summed E-state index contributed by atoms with van der Waals surface area (Å²) in [7, 11) is 1.23. The zero-order chi connectivity index (χ0) is 26.5. The van der Waals surface area contributed by atoms with E-state index >= 15 is 0 Å². The molecule has 3 N–H and O–H groups in total. The van der Waals surface area contributed by atoms with Crippen LogP contribution in [0.15, 0.2) is 42.7 Å². The summed E-state index contributed by atoms with van der Waals surface area (Å²) < 4.78 is 58.2. The van der Waals surface area contributed by atoms with Crippen molar-refractivity contribution in [2.75, 3.05) is 19.0 Å². The molecule has 10 nitrogen and oxygen atoms in total. The van der Waals surface area contributed by atoms with Crippen molar-refractivity contribution in [3.8, 4) is 28.7 Å². The fourth-order valence-electron chi connectivity index (χ4n) is 3.07. The second kappa shape index (κ2) is 10.8. The lowest BCUT2D eigenvalue weighted by Crippen LogP contribution is -2.18. The van der Waals surface area contributed by atoms with Crippen molar-refractivity contribution < 1.29 is 41.7 Å². The van der Waals surface area contributed by atoms with Gasteiger partial charge in [0.1, 0.15) is 17.0 Å². The standard InChI is InChI=1S/C23H21F3N4O6/c1-4-34-20-12(2)29-11-18(19(20)22(32)30-13-7-8-28-15(9-13)21(27)31)35-16-6-5-14(10-17(16)33-3)36-23(24,25)26/h5-11H,4H2,1-3H3,(H2,27,31)(H,28,30,32). The number of hydrogen-bond acceptors (Lipinski definition) is 8. The van der Waals surface area contributed by atoms with E-state index in [9.17, 15) is 22.8 Å². The van der Waals surface area contributed by atoms with Crippen LogP contribution in [-0.4, -0.2) is 41.9 Å². The molecular weight excluding hydrogens is 485 g/mol. The number of nitrogens with two attached hydrogens (primary N) is 1. The molecule has 0 saturated heterocycles. The minimum Gasteiger partial charge on any atom is -0.493 e. The van der Waals surface area contributed by atoms with Crippen LogP contribution in [0.25, 0.3) is 0 Å². The van der Waals surface area contributed by atoms with Crippen molar-refractivity contribution in [2.45, 2.75) is 20.2 Å². The first kappa shape index (κ1) is 26.1. The number of carbonyl (C=O) groups excluding carboxylic acids is 2. The van der Waals surface area contributed by atoms with Gasteiger partial charge < -0.3 is 30.0 Å². The van der Waals surface area contributed by atoms with Crippen molar-refractivity contribution in [2.24, 2.45) is 5.73 Å². The summed E-state index contributed by atoms with van der Waals surface area (Å²) in [5.74, 6) is -2.06. The largest absolute Gasteiger partial charge is 0.573 e. The first-order valence-corrected chi connectivity index (χ1v) is 10.3. The van der Waals surface area contributed by atoms with Gasteiger partial charge in [-0.15, -0.1) is 13.2 Å². The Morgan fingerprint density at radius 3 is 2.47 bits per heavy atom. The maximum Gasteiger partial charge on any atom is 0.573 e. The summed E-state index contributed by atoms with van der Waals surface area (Å²) in [5, 5.41) is 2.62. The minimum atomic E-state index is -4.90. The molecule has 0 saturated carbocycles. The highest BCUT2D eigenvalue weighted by molar-refractivity contribution is 6.08. The number of nitrogens with one attached hydrogen (secondary N) is 1. The van der Waals surface area contributed by atoms with E-state index in [1.165, 1.54) is 37.7 Å². The lowest BCUT2D eigenvalue weighted by molar-refractivity contribution is -0.274. The number of amides is 2. The number of aromatic nitrogens is 2. The van der Waals surface area contributed by atoms with Crippen molar-refractivity contribution in [1.82, 2.24) is 9.97 Å². The van der Waals surface area contributed by atoms with Gasteiger partial charge in [0, 0.05) is 18.0 Å². The van der Waals surface area contributed by atoms with Crippen molar-refractivity contribution in [3.05, 3.63) is 59.7 Å². The zero-order valence-corrected chi connectivity index (χ0v) is 19.3. The summed E-state index contributed by atoms with van der Waals surface area (Å²) in [5.41, 5.74) is 5.72. The van der Waals surface area contributed by atoms with Crippen LogP contribution in [0.3, 0.4) is 0 Å². The molecule has 1 aromatic carbocycles. The molecule has 2 aromatic heterocycles. The number of aryl methyl sites for hydroxylation is 1. The Hall–Kier alpha value is -4.55. The molecule has 36 heavy (non-hydrogen) atoms. The smallest absolute Gasteiger partial charge is 0.493 e. The fraction of sp³-hybridized carbons (Fsp3) is 0.217. The van der Waals surface area contributed by atoms with E-state index in [0.29, 0.717) is 5.69 Å². The van der Waals surface area contributed by atoms with Crippen molar-refractivity contribution in [1.29, 1.82) is 0 Å². The van der Waals surface area contributed by atoms with E-state index < -0.39 is 23.9 Å². The molecule has 0 bridgehead atoms. The minimum absolute atomic E-state index is 0.0194. The summed E-state index contributed by atoms with van der Waals surface area (Å²) in [6.07, 6.45) is -2.34. The number of anilines is 1. The van der Waals surface area contributed by atoms with Crippen LogP contribution in [0.5, 0.6) is 28.7 Å². The lowest BCUT2D eigenvalue weighted by atomic mass is 10.1. The van der Waals surface area contributed by atoms with Gasteiger partial charge in [-0.3, -0.25) is 19.6 Å². The van der Waals surface area contributed by atoms with Gasteiger partial charge in [0.15, 0.2) is 23.0 Å². The Morgan fingerprint density at radius 1 is 1.08 bits per heavy atom. The second-order valence-corrected chi connectivity index (χ2v) is 7.06. The summed E-state index contributed by atoms with van der Waals surface area (Å²) in [4.78, 5) is 32.7. The number of halogens is 3. The van der Waals surface area contributed by atoms with E-state index in [2.05, 4.69) is 20.0 Å². The van der Waals surface area contributed by atoms with Gasteiger partial charge in [0.05, 0.1) is 25.6 Å². The highest BCUT2D eigenvalue weighted by atomic mass is 19.4. The van der Waals surface area contributed by atoms with Gasteiger partial charge in [-0.05, 0) is 38.1 Å². The SMILES string of the molecule is CCOc1c(C)ncc(Oc2ccc(OC(F)(F)F)cc2OC)c1C(=O)Nc1ccnc(C(N)=O)c1. The van der Waals surface area contributed by atoms with Crippen LogP contribution in [0.2, 0.25) is 0 Å². The molecule has 0 radical (unpaired) electrons. The number of benzene rings is 1. The van der Waals surface area contributed by atoms with Gasteiger partial charge in [-0.1, -0.05) is 0 Å². The number of methoxy groups -OCH3 is 1. The topological polar surface area (TPSA) is 135 Å². The van der Waals surface area contributed by atoms with Gasteiger partial charge in [0.25, 0.3) is 11.8 Å². The number of nitrogens with zero attached hydrogens (tertiary/aromatic N) is 2. The van der Waals surface area contributed by atoms with Crippen LogP contribution in [-0.2, 0) is 0 Å². The van der Waals surface area contributed by atoms with E-state index in [4.69, 9.17) is 19.9 Å². The molecule has 0 fully saturated rings. The maximum atomic E-state index is 13.3. The molecule has 3 rings (SSSR count). The number of rotatable bonds is 9. The first-order valence-electron chi connectivity index (χ1n) is 10.3. The molecule has 0 atom stereocenters. The number of ether oxygens (including phenoxy) is 4. The van der Waals surface area contributed by atoms with Crippen LogP contribution in [0, 0.1) is 6.92 Å². The molecule has 0 aliphatic carbocycles. The molecule has 3 aromatic rings. The number of carbonyl (C=O) groups is 2. The molecule has 2 heterocycles. The Labute approximate surface area is 203 Å². The molecule has 2 amide bonds. The lowest BCUT2D eigenvalue weighted by Gasteiger charge is -2.18. The molecule has 13 heteroatoms. The van der Waals surface area contributed by atoms with E-state index in [0.717, 1.165) is 12.1 Å². The number of hydrogen-bond donors (Lipinski definition) is 2. The Bertz CT molecular complexity index is 1280. The zero-order valence-electron chi connectivity index (χ0n) is 19.3. The van der Waals surface area contributed by atoms with E-state index in [1.807, 2.05) is 0 Å². The molecule has 0 spiro atoms. The van der Waals surface area contributed by atoms with Crippen LogP contribution < -0.4 is 30.0 Å². The van der Waals surface area contributed by atoms with Crippen LogP contribution >= 0.6 is 0 Å². The van der Waals surface area contributed by atoms with Crippen LogP contribution in [0.1, 0.15) is 33.5 Å². The number of pyridine rings is 2. The average molecular weight is 506 g/mol. The van der Waals surface area contributed by atoms with Gasteiger partial charge >= 0.3 is 6.36 Å². The number of primary amides is 1. The third-order valence-corrected chi connectivity index (χ3v) is 4.55. The Morgan fingerprint density at radius 2 is 1.83 bits per heavy atom. The molecule has 0 aliphatic heterocycles. The monoisotopic (exact) mass is 506 g/mol. The predicted octanol–water partition coefficient (Wildman–Crippen LogP) is 4.23. The molecular formula is C23H21F3N4O6. The molecule has 0 aliphatic rings. The predicted molar refractivity (Wildman–Crippen MR) is 121 cm³/mol.